The summed E-state index contributed by atoms with van der Waals surface area (Å²) in [5.41, 5.74) is 0. The van der Waals surface area contributed by atoms with Crippen molar-refractivity contribution in [2.24, 2.45) is 0 Å². The summed E-state index contributed by atoms with van der Waals surface area (Å²) in [5, 5.41) is 0.175. The molecule has 0 amide bonds. The quantitative estimate of drug-likeness (QED) is 0.648. The van der Waals surface area contributed by atoms with E-state index in [0.717, 1.165) is 0 Å². The van der Waals surface area contributed by atoms with E-state index in [4.69, 9.17) is 4.43 Å². The minimum atomic E-state index is -1.96. The van der Waals surface area contributed by atoms with E-state index in [0.29, 0.717) is 0 Å². The molecule has 0 aliphatic rings. The fourth-order valence-electron chi connectivity index (χ4n) is 2.41. The van der Waals surface area contributed by atoms with Gasteiger partial charge in [-0.15, -0.1) is 0 Å². The number of hydrogen-bond acceptors (Lipinski definition) is 3. The van der Waals surface area contributed by atoms with Gasteiger partial charge in [-0.1, -0.05) is 20.8 Å². The van der Waals surface area contributed by atoms with E-state index >= 15 is 0 Å². The first-order valence-electron chi connectivity index (χ1n) is 4.60. The van der Waals surface area contributed by atoms with Crippen LogP contribution in [-0.2, 0) is 4.43 Å². The van der Waals surface area contributed by atoms with E-state index in [1.165, 1.54) is 0 Å². The third kappa shape index (κ3) is 2.12. The highest BCUT2D eigenvalue weighted by Gasteiger charge is 2.51. The highest BCUT2D eigenvalue weighted by atomic mass is 28.4. The molecule has 3 nitrogen and oxygen atoms in total. The molecular formula is C9H24N2OSi. The summed E-state index contributed by atoms with van der Waals surface area (Å²) in [5.74, 6) is 0. The Balaban J connectivity index is 5.12. The van der Waals surface area contributed by atoms with Crippen molar-refractivity contribution >= 4 is 8.64 Å². The highest BCUT2D eigenvalue weighted by molar-refractivity contribution is 6.70. The average Bonchev–Trinajstić information content (AvgIpc) is 1.83. The van der Waals surface area contributed by atoms with Crippen LogP contribution in [-0.4, -0.2) is 53.1 Å². The van der Waals surface area contributed by atoms with Crippen LogP contribution in [0.4, 0.5) is 0 Å². The van der Waals surface area contributed by atoms with Crippen molar-refractivity contribution in [1.82, 2.24) is 9.13 Å². The molecule has 0 saturated carbocycles. The van der Waals surface area contributed by atoms with Gasteiger partial charge in [-0.05, 0) is 28.2 Å². The number of nitrogens with zero attached hydrogens (tertiary/aromatic N) is 2. The van der Waals surface area contributed by atoms with Crippen LogP contribution < -0.4 is 0 Å². The predicted octanol–water partition coefficient (Wildman–Crippen LogP) is 1.49. The monoisotopic (exact) mass is 204 g/mol. The van der Waals surface area contributed by atoms with E-state index in [2.05, 4.69) is 58.1 Å². The van der Waals surface area contributed by atoms with Crippen LogP contribution in [0, 0.1) is 0 Å². The second kappa shape index (κ2) is 4.08. The molecule has 0 bridgehead atoms. The largest absolute Gasteiger partial charge is 0.395 e. The normalized spacial score (nSPS) is 14.3. The molecule has 0 fully saturated rings. The molecule has 80 valence electrons. The van der Waals surface area contributed by atoms with E-state index in [1.54, 1.807) is 0 Å². The Hall–Kier alpha value is 0.0969. The summed E-state index contributed by atoms with van der Waals surface area (Å²) in [4.78, 5) is 0. The topological polar surface area (TPSA) is 15.7 Å². The lowest BCUT2D eigenvalue weighted by Crippen LogP contribution is -2.67. The number of rotatable bonds is 3. The van der Waals surface area contributed by atoms with Crippen molar-refractivity contribution < 1.29 is 4.43 Å². The van der Waals surface area contributed by atoms with Gasteiger partial charge in [-0.25, -0.2) is 0 Å². The van der Waals surface area contributed by atoms with Crippen LogP contribution in [0.1, 0.15) is 20.8 Å². The predicted molar refractivity (Wildman–Crippen MR) is 59.9 cm³/mol. The van der Waals surface area contributed by atoms with E-state index in [-0.39, 0.29) is 5.04 Å². The molecule has 0 aromatic heterocycles. The van der Waals surface area contributed by atoms with Crippen LogP contribution >= 0.6 is 0 Å². The third-order valence-electron chi connectivity index (χ3n) is 2.47. The molecule has 0 unspecified atom stereocenters. The van der Waals surface area contributed by atoms with E-state index in [9.17, 15) is 0 Å². The highest BCUT2D eigenvalue weighted by Crippen LogP contribution is 2.38. The van der Waals surface area contributed by atoms with Gasteiger partial charge in [-0.3, -0.25) is 9.13 Å². The molecular weight excluding hydrogens is 180 g/mol. The fourth-order valence-corrected chi connectivity index (χ4v) is 7.24. The Morgan fingerprint density at radius 2 is 1.23 bits per heavy atom. The Labute approximate surface area is 84.0 Å². The summed E-state index contributed by atoms with van der Waals surface area (Å²) >= 11 is 0. The van der Waals surface area contributed by atoms with Crippen molar-refractivity contribution in [3.8, 4) is 0 Å². The molecule has 0 aliphatic heterocycles. The molecule has 0 N–H and O–H groups in total. The van der Waals surface area contributed by atoms with Gasteiger partial charge in [0.05, 0.1) is 0 Å². The maximum Gasteiger partial charge on any atom is 0.361 e. The zero-order valence-corrected chi connectivity index (χ0v) is 11.3. The van der Waals surface area contributed by atoms with Gasteiger partial charge >= 0.3 is 8.64 Å². The van der Waals surface area contributed by atoms with Gasteiger partial charge in [0.1, 0.15) is 0 Å². The van der Waals surface area contributed by atoms with Gasteiger partial charge in [-0.2, -0.15) is 0 Å². The van der Waals surface area contributed by atoms with Crippen LogP contribution in [0.2, 0.25) is 5.04 Å². The molecule has 0 radical (unpaired) electrons. The molecule has 0 aromatic carbocycles. The Morgan fingerprint density at radius 1 is 0.923 bits per heavy atom. The Morgan fingerprint density at radius 3 is 1.23 bits per heavy atom. The maximum atomic E-state index is 5.82. The summed E-state index contributed by atoms with van der Waals surface area (Å²) < 4.78 is 10.3. The number of hydrogen-bond donors (Lipinski definition) is 0. The molecule has 0 saturated heterocycles. The van der Waals surface area contributed by atoms with Crippen molar-refractivity contribution in [3.05, 3.63) is 0 Å². The van der Waals surface area contributed by atoms with E-state index in [1.807, 2.05) is 7.11 Å². The summed E-state index contributed by atoms with van der Waals surface area (Å²) in [6, 6.07) is 0. The zero-order chi connectivity index (χ0) is 10.9. The zero-order valence-electron chi connectivity index (χ0n) is 10.3. The second-order valence-corrected chi connectivity index (χ2v) is 9.76. The van der Waals surface area contributed by atoms with E-state index < -0.39 is 8.64 Å². The van der Waals surface area contributed by atoms with Crippen LogP contribution in [0.25, 0.3) is 0 Å². The standard InChI is InChI=1S/C9H24N2OSi/c1-9(2,3)13(12-8,10(4)5)11(6)7/h1-8H3. The first-order valence-corrected chi connectivity index (χ1v) is 6.40. The fraction of sp³-hybridized carbons (Fsp3) is 1.00. The first-order chi connectivity index (χ1) is 5.70. The minimum absolute atomic E-state index is 0.175. The van der Waals surface area contributed by atoms with Gasteiger partial charge in [0.25, 0.3) is 0 Å². The van der Waals surface area contributed by atoms with Gasteiger partial charge in [0, 0.05) is 12.1 Å². The summed E-state index contributed by atoms with van der Waals surface area (Å²) in [7, 11) is 8.25. The van der Waals surface area contributed by atoms with Crippen LogP contribution in [0.3, 0.4) is 0 Å². The van der Waals surface area contributed by atoms with Crippen molar-refractivity contribution in [1.29, 1.82) is 0 Å². The molecule has 0 rings (SSSR count). The van der Waals surface area contributed by atoms with Crippen LogP contribution in [0.15, 0.2) is 0 Å². The Kier molecular flexibility index (Phi) is 4.12. The molecule has 0 spiro atoms. The smallest absolute Gasteiger partial charge is 0.361 e. The van der Waals surface area contributed by atoms with Crippen molar-refractivity contribution in [2.75, 3.05) is 35.3 Å². The van der Waals surface area contributed by atoms with Crippen molar-refractivity contribution in [2.45, 2.75) is 25.8 Å². The third-order valence-corrected chi connectivity index (χ3v) is 7.42. The van der Waals surface area contributed by atoms with Gasteiger partial charge in [0.15, 0.2) is 0 Å². The molecule has 4 heteroatoms. The van der Waals surface area contributed by atoms with Gasteiger partial charge < -0.3 is 4.43 Å². The molecule has 0 aliphatic carbocycles. The Bertz CT molecular complexity index is 155. The second-order valence-electron chi connectivity index (χ2n) is 4.85. The van der Waals surface area contributed by atoms with Crippen LogP contribution in [0.5, 0.6) is 0 Å². The molecule has 0 atom stereocenters. The lowest BCUT2D eigenvalue weighted by Gasteiger charge is -2.48. The summed E-state index contributed by atoms with van der Waals surface area (Å²) in [6.45, 7) is 6.72. The first kappa shape index (κ1) is 13.1. The van der Waals surface area contributed by atoms with Gasteiger partial charge in [0.2, 0.25) is 0 Å². The lowest BCUT2D eigenvalue weighted by molar-refractivity contribution is 0.232. The van der Waals surface area contributed by atoms with Crippen molar-refractivity contribution in [3.63, 3.8) is 0 Å². The molecule has 0 aromatic rings. The minimum Gasteiger partial charge on any atom is -0.395 e. The maximum absolute atomic E-state index is 5.82. The molecule has 13 heavy (non-hydrogen) atoms. The lowest BCUT2D eigenvalue weighted by atomic mass is 10.3. The summed E-state index contributed by atoms with van der Waals surface area (Å²) in [6.07, 6.45) is 0. The SMILES string of the molecule is CO[Si](N(C)C)(N(C)C)C(C)(C)C. The average molecular weight is 204 g/mol. The molecule has 0 heterocycles.